The second kappa shape index (κ2) is 7.19. The molecular weight excluding hydrogens is 414 g/mol. The second-order valence-electron chi connectivity index (χ2n) is 7.55. The van der Waals surface area contributed by atoms with Gasteiger partial charge in [0.2, 0.25) is 11.8 Å². The van der Waals surface area contributed by atoms with E-state index in [1.54, 1.807) is 24.3 Å². The van der Waals surface area contributed by atoms with Gasteiger partial charge < -0.3 is 4.74 Å². The summed E-state index contributed by atoms with van der Waals surface area (Å²) in [6.07, 6.45) is 2.96. The van der Waals surface area contributed by atoms with E-state index in [0.717, 1.165) is 23.7 Å². The maximum atomic E-state index is 12.6. The minimum absolute atomic E-state index is 0.0371. The molecule has 2 saturated carbocycles. The summed E-state index contributed by atoms with van der Waals surface area (Å²) in [5, 5.41) is 0. The highest BCUT2D eigenvalue weighted by molar-refractivity contribution is 9.10. The lowest BCUT2D eigenvalue weighted by Gasteiger charge is -2.19. The molecule has 0 aromatic heterocycles. The number of carbonyl (C=O) groups excluding carboxylic acids is 4. The van der Waals surface area contributed by atoms with E-state index >= 15 is 0 Å². The van der Waals surface area contributed by atoms with Crippen LogP contribution < -0.4 is 0 Å². The lowest BCUT2D eigenvalue weighted by molar-refractivity contribution is -0.145. The first-order valence-corrected chi connectivity index (χ1v) is 10.0. The molecule has 1 heterocycles. The Morgan fingerprint density at radius 1 is 1.04 bits per heavy atom. The van der Waals surface area contributed by atoms with Crippen molar-refractivity contribution in [3.8, 4) is 0 Å². The average Bonchev–Trinajstić information content (AvgIpc) is 3.33. The van der Waals surface area contributed by atoms with Crippen molar-refractivity contribution in [3.05, 3.63) is 34.3 Å². The van der Waals surface area contributed by atoms with Crippen LogP contribution in [0.4, 0.5) is 0 Å². The SMILES string of the molecule is O=C(CCN1C(=O)[C@@H]2[C@@H]3CC[C@@H](C3)[C@@H]2C1=O)OCC(=O)c1ccc(Br)cc1. The number of nitrogens with zero attached hydrogens (tertiary/aromatic N) is 1. The van der Waals surface area contributed by atoms with Gasteiger partial charge in [-0.05, 0) is 43.2 Å². The summed E-state index contributed by atoms with van der Waals surface area (Å²) in [5.74, 6) is -0.824. The van der Waals surface area contributed by atoms with E-state index in [9.17, 15) is 19.2 Å². The van der Waals surface area contributed by atoms with Gasteiger partial charge >= 0.3 is 5.97 Å². The Bertz CT molecular complexity index is 777. The van der Waals surface area contributed by atoms with Crippen LogP contribution in [-0.4, -0.2) is 41.6 Å². The van der Waals surface area contributed by atoms with Crippen molar-refractivity contribution < 1.29 is 23.9 Å². The fourth-order valence-electron chi connectivity index (χ4n) is 4.83. The normalized spacial score (nSPS) is 28.6. The van der Waals surface area contributed by atoms with Crippen molar-refractivity contribution in [2.75, 3.05) is 13.2 Å². The number of fused-ring (bicyclic) bond motifs is 5. The third-order valence-corrected chi connectivity index (χ3v) is 6.62. The predicted octanol–water partition coefficient (Wildman–Crippen LogP) is 2.60. The molecule has 1 aromatic carbocycles. The summed E-state index contributed by atoms with van der Waals surface area (Å²) in [7, 11) is 0. The number of likely N-dealkylation sites (tertiary alicyclic amines) is 1. The Morgan fingerprint density at radius 2 is 1.63 bits per heavy atom. The lowest BCUT2D eigenvalue weighted by Crippen LogP contribution is -2.35. The fourth-order valence-corrected chi connectivity index (χ4v) is 5.10. The summed E-state index contributed by atoms with van der Waals surface area (Å²) in [6.45, 7) is -0.312. The molecule has 2 amide bonds. The molecule has 142 valence electrons. The molecule has 1 aromatic rings. The minimum atomic E-state index is -0.582. The molecule has 1 saturated heterocycles. The van der Waals surface area contributed by atoms with Gasteiger partial charge in [0.25, 0.3) is 0 Å². The highest BCUT2D eigenvalue weighted by Gasteiger charge is 2.60. The van der Waals surface area contributed by atoms with E-state index in [2.05, 4.69) is 15.9 Å². The molecule has 0 N–H and O–H groups in total. The Kier molecular flexibility index (Phi) is 4.88. The fraction of sp³-hybridized carbons (Fsp3) is 0.500. The molecule has 2 bridgehead atoms. The highest BCUT2D eigenvalue weighted by atomic mass is 79.9. The molecule has 0 radical (unpaired) electrons. The van der Waals surface area contributed by atoms with Crippen LogP contribution in [0.1, 0.15) is 36.0 Å². The number of halogens is 1. The van der Waals surface area contributed by atoms with Gasteiger partial charge in [-0.1, -0.05) is 28.1 Å². The van der Waals surface area contributed by atoms with Crippen molar-refractivity contribution in [3.63, 3.8) is 0 Å². The van der Waals surface area contributed by atoms with Crippen molar-refractivity contribution in [2.45, 2.75) is 25.7 Å². The topological polar surface area (TPSA) is 80.8 Å². The second-order valence-corrected chi connectivity index (χ2v) is 8.47. The predicted molar refractivity (Wildman–Crippen MR) is 98.6 cm³/mol. The number of hydrogen-bond donors (Lipinski definition) is 0. The van der Waals surface area contributed by atoms with Crippen LogP contribution in [0.2, 0.25) is 0 Å². The molecular formula is C20H20BrNO5. The van der Waals surface area contributed by atoms with Crippen molar-refractivity contribution >= 4 is 39.5 Å². The minimum Gasteiger partial charge on any atom is -0.457 e. The van der Waals surface area contributed by atoms with E-state index in [1.807, 2.05) is 0 Å². The van der Waals surface area contributed by atoms with E-state index in [1.165, 1.54) is 4.90 Å². The number of esters is 1. The summed E-state index contributed by atoms with van der Waals surface area (Å²) in [4.78, 5) is 50.4. The van der Waals surface area contributed by atoms with Gasteiger partial charge in [0.1, 0.15) is 0 Å². The van der Waals surface area contributed by atoms with E-state index < -0.39 is 5.97 Å². The van der Waals surface area contributed by atoms with Crippen LogP contribution >= 0.6 is 15.9 Å². The van der Waals surface area contributed by atoms with Gasteiger partial charge in [-0.25, -0.2) is 0 Å². The molecule has 7 heteroatoms. The Hall–Kier alpha value is -2.02. The van der Waals surface area contributed by atoms with E-state index in [4.69, 9.17) is 4.74 Å². The smallest absolute Gasteiger partial charge is 0.308 e. The Labute approximate surface area is 165 Å². The number of amides is 2. The first-order valence-electron chi connectivity index (χ1n) is 9.25. The third kappa shape index (κ3) is 3.33. The van der Waals surface area contributed by atoms with Crippen LogP contribution in [0.15, 0.2) is 28.7 Å². The summed E-state index contributed by atoms with van der Waals surface area (Å²) in [6, 6.07) is 6.77. The zero-order valence-corrected chi connectivity index (χ0v) is 16.3. The Morgan fingerprint density at radius 3 is 2.22 bits per heavy atom. The summed E-state index contributed by atoms with van der Waals surface area (Å²) in [5.41, 5.74) is 0.458. The molecule has 4 rings (SSSR count). The number of rotatable bonds is 6. The van der Waals surface area contributed by atoms with Crippen LogP contribution in [0, 0.1) is 23.7 Å². The first-order chi connectivity index (χ1) is 13.0. The lowest BCUT2D eigenvalue weighted by atomic mass is 9.81. The number of ether oxygens (including phenoxy) is 1. The van der Waals surface area contributed by atoms with Crippen LogP contribution in [0.5, 0.6) is 0 Å². The standard InChI is InChI=1S/C20H20BrNO5/c21-14-5-3-11(4-6-14)15(23)10-27-16(24)7-8-22-19(25)17-12-1-2-13(9-12)18(17)20(22)26/h3-6,12-13,17-18H,1-2,7-10H2/t12-,13+,17-,18+. The first kappa shape index (κ1) is 18.3. The maximum Gasteiger partial charge on any atom is 0.308 e. The molecule has 6 nitrogen and oxygen atoms in total. The summed E-state index contributed by atoms with van der Waals surface area (Å²) >= 11 is 3.29. The van der Waals surface area contributed by atoms with Crippen molar-refractivity contribution in [1.82, 2.24) is 4.90 Å². The number of Topliss-reactive ketones (excluding diaryl/α,β-unsaturated/α-hetero) is 1. The van der Waals surface area contributed by atoms with E-state index in [0.29, 0.717) is 17.4 Å². The largest absolute Gasteiger partial charge is 0.457 e. The zero-order valence-electron chi connectivity index (χ0n) is 14.7. The van der Waals surface area contributed by atoms with Gasteiger partial charge in [-0.15, -0.1) is 0 Å². The quantitative estimate of drug-likeness (QED) is 0.391. The van der Waals surface area contributed by atoms with Gasteiger partial charge in [-0.3, -0.25) is 24.1 Å². The van der Waals surface area contributed by atoms with Gasteiger partial charge in [-0.2, -0.15) is 0 Å². The molecule has 3 aliphatic rings. The zero-order chi connectivity index (χ0) is 19.1. The number of imide groups is 1. The van der Waals surface area contributed by atoms with Crippen molar-refractivity contribution in [1.29, 1.82) is 0 Å². The molecule has 27 heavy (non-hydrogen) atoms. The van der Waals surface area contributed by atoms with Crippen LogP contribution in [-0.2, 0) is 19.1 Å². The molecule has 2 aliphatic carbocycles. The van der Waals surface area contributed by atoms with Gasteiger partial charge in [0.05, 0.1) is 18.3 Å². The molecule has 0 spiro atoms. The van der Waals surface area contributed by atoms with E-state index in [-0.39, 0.29) is 49.0 Å². The molecule has 4 atom stereocenters. The van der Waals surface area contributed by atoms with Crippen molar-refractivity contribution in [2.24, 2.45) is 23.7 Å². The Balaban J connectivity index is 1.27. The maximum absolute atomic E-state index is 12.6. The average molecular weight is 434 g/mol. The van der Waals surface area contributed by atoms with Gasteiger partial charge in [0.15, 0.2) is 12.4 Å². The monoisotopic (exact) mass is 433 g/mol. The third-order valence-electron chi connectivity index (χ3n) is 6.09. The van der Waals surface area contributed by atoms with Crippen LogP contribution in [0.25, 0.3) is 0 Å². The van der Waals surface area contributed by atoms with Gasteiger partial charge in [0, 0.05) is 16.6 Å². The highest BCUT2D eigenvalue weighted by Crippen LogP contribution is 2.56. The number of benzene rings is 1. The number of hydrogen-bond acceptors (Lipinski definition) is 5. The number of ketones is 1. The summed E-state index contributed by atoms with van der Waals surface area (Å²) < 4.78 is 5.87. The molecule has 1 aliphatic heterocycles. The molecule has 3 fully saturated rings. The number of carbonyl (C=O) groups is 4. The van der Waals surface area contributed by atoms with Crippen LogP contribution in [0.3, 0.4) is 0 Å². The molecule has 0 unspecified atom stereocenters.